The van der Waals surface area contributed by atoms with Crippen molar-refractivity contribution in [1.29, 1.82) is 0 Å². The van der Waals surface area contributed by atoms with Crippen molar-refractivity contribution in [3.8, 4) is 12.3 Å². The van der Waals surface area contributed by atoms with Crippen molar-refractivity contribution in [3.05, 3.63) is 35.9 Å². The van der Waals surface area contributed by atoms with Gasteiger partial charge in [-0.15, -0.1) is 12.3 Å². The van der Waals surface area contributed by atoms with Gasteiger partial charge < -0.3 is 9.16 Å². The van der Waals surface area contributed by atoms with Gasteiger partial charge in [0.15, 0.2) is 8.32 Å². The molecule has 0 aromatic heterocycles. The summed E-state index contributed by atoms with van der Waals surface area (Å²) in [6.07, 6.45) is 6.50. The summed E-state index contributed by atoms with van der Waals surface area (Å²) in [5.41, 5.74) is 1.06. The molecular formula is C23H33NO4Si. The van der Waals surface area contributed by atoms with Crippen molar-refractivity contribution in [1.82, 2.24) is 4.90 Å². The molecule has 0 spiro atoms. The van der Waals surface area contributed by atoms with Crippen LogP contribution in [-0.4, -0.2) is 44.0 Å². The Morgan fingerprint density at radius 1 is 1.34 bits per heavy atom. The summed E-state index contributed by atoms with van der Waals surface area (Å²) in [6.45, 7) is 10.4. The Bertz CT molecular complexity index is 737. The zero-order valence-electron chi connectivity index (χ0n) is 18.2. The van der Waals surface area contributed by atoms with Crippen LogP contribution in [0.15, 0.2) is 30.3 Å². The highest BCUT2D eigenvalue weighted by atomic mass is 28.4. The van der Waals surface area contributed by atoms with E-state index in [0.717, 1.165) is 5.56 Å². The van der Waals surface area contributed by atoms with Gasteiger partial charge in [-0.05, 0) is 44.5 Å². The molecule has 1 aromatic carbocycles. The number of hydrogen-bond donors (Lipinski definition) is 0. The molecule has 6 heteroatoms. The van der Waals surface area contributed by atoms with E-state index in [9.17, 15) is 9.59 Å². The SMILES string of the molecule is C#C[C@H](C)C[C@H](C(=O)N1C(=O)OC[C@@H]1Cc1ccccc1)[C@@H](CC)O[Si](C)(C)C. The van der Waals surface area contributed by atoms with Crippen LogP contribution in [0.3, 0.4) is 0 Å². The third-order valence-electron chi connectivity index (χ3n) is 5.08. The van der Waals surface area contributed by atoms with Gasteiger partial charge in [0.1, 0.15) is 6.61 Å². The molecule has 1 aliphatic heterocycles. The van der Waals surface area contributed by atoms with Crippen molar-refractivity contribution < 1.29 is 18.8 Å². The number of hydrogen-bond acceptors (Lipinski definition) is 4. The third-order valence-corrected chi connectivity index (χ3v) is 6.09. The second-order valence-corrected chi connectivity index (χ2v) is 13.2. The number of cyclic esters (lactones) is 1. The van der Waals surface area contributed by atoms with Crippen LogP contribution in [0, 0.1) is 24.2 Å². The fraction of sp³-hybridized carbons (Fsp3) is 0.565. The van der Waals surface area contributed by atoms with Crippen molar-refractivity contribution in [2.45, 2.75) is 64.9 Å². The topological polar surface area (TPSA) is 55.8 Å². The molecule has 2 amide bonds. The van der Waals surface area contributed by atoms with Crippen LogP contribution in [0.4, 0.5) is 4.79 Å². The van der Waals surface area contributed by atoms with Crippen LogP contribution in [0.5, 0.6) is 0 Å². The molecule has 0 aliphatic carbocycles. The van der Waals surface area contributed by atoms with E-state index < -0.39 is 20.3 Å². The summed E-state index contributed by atoms with van der Waals surface area (Å²) in [7, 11) is -1.88. The highest BCUT2D eigenvalue weighted by molar-refractivity contribution is 6.69. The largest absolute Gasteiger partial charge is 0.447 e. The zero-order valence-corrected chi connectivity index (χ0v) is 19.2. The molecule has 2 rings (SSSR count). The normalized spacial score (nSPS) is 19.9. The average molecular weight is 416 g/mol. The smallest absolute Gasteiger partial charge is 0.416 e. The first-order chi connectivity index (χ1) is 13.7. The van der Waals surface area contributed by atoms with Crippen LogP contribution in [0.25, 0.3) is 0 Å². The van der Waals surface area contributed by atoms with E-state index in [1.165, 1.54) is 4.90 Å². The second-order valence-electron chi connectivity index (χ2n) is 8.72. The molecule has 0 unspecified atom stereocenters. The van der Waals surface area contributed by atoms with Gasteiger partial charge in [0, 0.05) is 5.92 Å². The predicted octanol–water partition coefficient (Wildman–Crippen LogP) is 4.48. The molecule has 5 nitrogen and oxygen atoms in total. The molecule has 1 fully saturated rings. The van der Waals surface area contributed by atoms with Crippen LogP contribution >= 0.6 is 0 Å². The van der Waals surface area contributed by atoms with Crippen molar-refractivity contribution >= 4 is 20.3 Å². The standard InChI is InChI=1S/C23H33NO4Si/c1-7-17(3)14-20(21(8-2)28-29(4,5)6)22(25)24-19(16-27-23(24)26)15-18-12-10-9-11-13-18/h1,9-13,17,19-21H,8,14-16H2,2-6H3/t17-,19-,20-,21+/m0/s1. The number of nitrogens with zero attached hydrogens (tertiary/aromatic N) is 1. The van der Waals surface area contributed by atoms with Crippen LogP contribution in [0.1, 0.15) is 32.3 Å². The summed E-state index contributed by atoms with van der Waals surface area (Å²) in [4.78, 5) is 27.4. The average Bonchev–Trinajstić information content (AvgIpc) is 3.03. The summed E-state index contributed by atoms with van der Waals surface area (Å²) in [5.74, 6) is 1.92. The Labute approximate surface area is 175 Å². The molecule has 0 saturated carbocycles. The highest BCUT2D eigenvalue weighted by Gasteiger charge is 2.43. The molecule has 1 aliphatic rings. The molecule has 1 saturated heterocycles. The van der Waals surface area contributed by atoms with E-state index >= 15 is 0 Å². The number of benzene rings is 1. The number of amides is 2. The van der Waals surface area contributed by atoms with Crippen LogP contribution < -0.4 is 0 Å². The lowest BCUT2D eigenvalue weighted by atomic mass is 9.88. The minimum atomic E-state index is -1.88. The van der Waals surface area contributed by atoms with Crippen molar-refractivity contribution in [2.24, 2.45) is 11.8 Å². The fourth-order valence-electron chi connectivity index (χ4n) is 3.71. The Morgan fingerprint density at radius 2 is 2.00 bits per heavy atom. The second kappa shape index (κ2) is 10.1. The summed E-state index contributed by atoms with van der Waals surface area (Å²) < 4.78 is 11.6. The lowest BCUT2D eigenvalue weighted by Gasteiger charge is -2.34. The third kappa shape index (κ3) is 6.45. The Balaban J connectivity index is 2.28. The Kier molecular flexibility index (Phi) is 8.06. The van der Waals surface area contributed by atoms with E-state index in [2.05, 4.69) is 25.6 Å². The zero-order chi connectivity index (χ0) is 21.6. The number of imide groups is 1. The number of ether oxygens (including phenoxy) is 1. The Hall–Kier alpha value is -2.10. The van der Waals surface area contributed by atoms with E-state index in [1.54, 1.807) is 0 Å². The lowest BCUT2D eigenvalue weighted by molar-refractivity contribution is -0.137. The van der Waals surface area contributed by atoms with Gasteiger partial charge in [0.05, 0.1) is 18.1 Å². The Morgan fingerprint density at radius 3 is 2.55 bits per heavy atom. The maximum absolute atomic E-state index is 13.6. The highest BCUT2D eigenvalue weighted by Crippen LogP contribution is 2.29. The van der Waals surface area contributed by atoms with E-state index in [0.29, 0.717) is 19.3 Å². The first kappa shape index (κ1) is 23.2. The molecule has 1 heterocycles. The van der Waals surface area contributed by atoms with Crippen LogP contribution in [0.2, 0.25) is 19.6 Å². The fourth-order valence-corrected chi connectivity index (χ4v) is 4.95. The minimum absolute atomic E-state index is 0.0885. The minimum Gasteiger partial charge on any atom is -0.447 e. The molecule has 29 heavy (non-hydrogen) atoms. The van der Waals surface area contributed by atoms with Crippen molar-refractivity contribution in [3.63, 3.8) is 0 Å². The maximum Gasteiger partial charge on any atom is 0.416 e. The molecule has 0 radical (unpaired) electrons. The molecular weight excluding hydrogens is 382 g/mol. The number of terminal acetylenes is 1. The monoisotopic (exact) mass is 415 g/mol. The molecule has 4 atom stereocenters. The van der Waals surface area contributed by atoms with Crippen LogP contribution in [-0.2, 0) is 20.4 Å². The molecule has 158 valence electrons. The van der Waals surface area contributed by atoms with Crippen molar-refractivity contribution in [2.75, 3.05) is 6.61 Å². The molecule has 0 bridgehead atoms. The van der Waals surface area contributed by atoms with Gasteiger partial charge in [0.25, 0.3) is 0 Å². The molecule has 0 N–H and O–H groups in total. The van der Waals surface area contributed by atoms with E-state index in [1.807, 2.05) is 44.2 Å². The summed E-state index contributed by atoms with van der Waals surface area (Å²) >= 11 is 0. The molecule has 1 aromatic rings. The summed E-state index contributed by atoms with van der Waals surface area (Å²) in [6, 6.07) is 9.51. The van der Waals surface area contributed by atoms with Gasteiger partial charge in [0.2, 0.25) is 5.91 Å². The van der Waals surface area contributed by atoms with E-state index in [-0.39, 0.29) is 30.6 Å². The first-order valence-electron chi connectivity index (χ1n) is 10.3. The van der Waals surface area contributed by atoms with E-state index in [4.69, 9.17) is 15.6 Å². The summed E-state index contributed by atoms with van der Waals surface area (Å²) in [5, 5.41) is 0. The van der Waals surface area contributed by atoms with Gasteiger partial charge in [-0.2, -0.15) is 0 Å². The number of carbonyl (C=O) groups is 2. The van der Waals surface area contributed by atoms with Gasteiger partial charge >= 0.3 is 6.09 Å². The predicted molar refractivity (Wildman–Crippen MR) is 117 cm³/mol. The van der Waals surface area contributed by atoms with Gasteiger partial charge in [-0.1, -0.05) is 44.2 Å². The lowest BCUT2D eigenvalue weighted by Crippen LogP contribution is -2.49. The maximum atomic E-state index is 13.6. The van der Waals surface area contributed by atoms with Gasteiger partial charge in [-0.3, -0.25) is 4.79 Å². The van der Waals surface area contributed by atoms with Gasteiger partial charge in [-0.25, -0.2) is 9.69 Å². The number of rotatable bonds is 9. The number of carbonyl (C=O) groups excluding carboxylic acids is 2. The first-order valence-corrected chi connectivity index (χ1v) is 13.7. The quantitative estimate of drug-likeness (QED) is 0.441.